The lowest BCUT2D eigenvalue weighted by molar-refractivity contribution is -0.130. The zero-order valence-electron chi connectivity index (χ0n) is 19.8. The largest absolute Gasteiger partial charge is 0.487 e. The number of anilines is 1. The van der Waals surface area contributed by atoms with Gasteiger partial charge in [-0.05, 0) is 47.4 Å². The van der Waals surface area contributed by atoms with Crippen molar-refractivity contribution in [2.75, 3.05) is 25.4 Å². The summed E-state index contributed by atoms with van der Waals surface area (Å²) >= 11 is 0. The Morgan fingerprint density at radius 3 is 2.50 bits per heavy atom. The summed E-state index contributed by atoms with van der Waals surface area (Å²) in [6, 6.07) is 11.2. The van der Waals surface area contributed by atoms with Crippen molar-refractivity contribution in [3.05, 3.63) is 65.4 Å². The number of likely N-dealkylation sites (tertiary alicyclic amines) is 1. The number of rotatable bonds is 4. The van der Waals surface area contributed by atoms with E-state index < -0.39 is 11.8 Å². The van der Waals surface area contributed by atoms with Crippen molar-refractivity contribution in [2.45, 2.75) is 32.3 Å². The van der Waals surface area contributed by atoms with Gasteiger partial charge in [0.05, 0.1) is 0 Å². The molecule has 1 fully saturated rings. The Morgan fingerprint density at radius 1 is 1.06 bits per heavy atom. The maximum absolute atomic E-state index is 15.0. The van der Waals surface area contributed by atoms with E-state index in [1.54, 1.807) is 29.2 Å². The van der Waals surface area contributed by atoms with Gasteiger partial charge in [-0.25, -0.2) is 9.37 Å². The van der Waals surface area contributed by atoms with Crippen LogP contribution in [-0.4, -0.2) is 47.4 Å². The molecule has 0 unspecified atom stereocenters. The summed E-state index contributed by atoms with van der Waals surface area (Å²) in [5, 5.41) is 2.80. The molecule has 3 aromatic rings. The van der Waals surface area contributed by atoms with Crippen LogP contribution in [0.25, 0.3) is 22.3 Å². The first-order chi connectivity index (χ1) is 17.3. The molecule has 2 amide bonds. The van der Waals surface area contributed by atoms with E-state index >= 15 is 0 Å². The zero-order chi connectivity index (χ0) is 25.4. The maximum Gasteiger partial charge on any atom is 0.251 e. The van der Waals surface area contributed by atoms with Gasteiger partial charge in [0.25, 0.3) is 5.91 Å². The first-order valence-corrected chi connectivity index (χ1v) is 11.9. The molecule has 0 saturated carbocycles. The van der Waals surface area contributed by atoms with Gasteiger partial charge in [0, 0.05) is 56.1 Å². The van der Waals surface area contributed by atoms with Crippen LogP contribution in [0.15, 0.2) is 42.5 Å². The van der Waals surface area contributed by atoms with Crippen molar-refractivity contribution in [3.8, 4) is 28.0 Å². The average Bonchev–Trinajstić information content (AvgIpc) is 2.86. The monoisotopic (exact) mass is 492 g/mol. The fourth-order valence-electron chi connectivity index (χ4n) is 4.77. The van der Waals surface area contributed by atoms with Crippen LogP contribution in [0.3, 0.4) is 0 Å². The van der Waals surface area contributed by atoms with E-state index in [1.807, 2.05) is 6.07 Å². The lowest BCUT2D eigenvalue weighted by Gasteiger charge is -2.31. The molecule has 3 N–H and O–H groups in total. The van der Waals surface area contributed by atoms with Crippen LogP contribution in [0.5, 0.6) is 5.75 Å². The molecule has 1 aromatic heterocycles. The van der Waals surface area contributed by atoms with Crippen LogP contribution in [0.4, 0.5) is 14.6 Å². The molecule has 0 bridgehead atoms. The van der Waals surface area contributed by atoms with Gasteiger partial charge >= 0.3 is 0 Å². The number of piperidine rings is 1. The van der Waals surface area contributed by atoms with Gasteiger partial charge in [-0.1, -0.05) is 18.2 Å². The van der Waals surface area contributed by atoms with Crippen molar-refractivity contribution in [1.29, 1.82) is 0 Å². The van der Waals surface area contributed by atoms with Crippen LogP contribution < -0.4 is 15.8 Å². The fraction of sp³-hybridized carbons (Fsp3) is 0.296. The lowest BCUT2D eigenvalue weighted by Crippen LogP contribution is -2.40. The van der Waals surface area contributed by atoms with E-state index in [-0.39, 0.29) is 35.0 Å². The Morgan fingerprint density at radius 2 is 1.78 bits per heavy atom. The number of nitrogens with zero attached hydrogens (tertiary/aromatic N) is 2. The highest BCUT2D eigenvalue weighted by molar-refractivity contribution is 5.97. The highest BCUT2D eigenvalue weighted by Crippen LogP contribution is 2.35. The Labute approximate surface area is 207 Å². The Balaban J connectivity index is 1.40. The molecule has 36 heavy (non-hydrogen) atoms. The van der Waals surface area contributed by atoms with Gasteiger partial charge in [0.1, 0.15) is 11.9 Å². The Bertz CT molecular complexity index is 1350. The molecule has 7 nitrogen and oxygen atoms in total. The van der Waals surface area contributed by atoms with Crippen molar-refractivity contribution in [1.82, 2.24) is 15.2 Å². The first-order valence-electron chi connectivity index (χ1n) is 11.9. The van der Waals surface area contributed by atoms with Gasteiger partial charge in [0.15, 0.2) is 11.6 Å². The number of aromatic nitrogens is 1. The van der Waals surface area contributed by atoms with Gasteiger partial charge in [-0.2, -0.15) is 4.39 Å². The number of hydrogen-bond acceptors (Lipinski definition) is 5. The summed E-state index contributed by atoms with van der Waals surface area (Å²) in [6.45, 7) is 3.21. The summed E-state index contributed by atoms with van der Waals surface area (Å²) in [7, 11) is 0. The minimum atomic E-state index is -0.807. The molecule has 0 radical (unpaired) electrons. The Hall–Kier alpha value is -4.01. The number of carbonyl (C=O) groups excluding carboxylic acids is 2. The quantitative estimate of drug-likeness (QED) is 0.538. The molecule has 3 heterocycles. The van der Waals surface area contributed by atoms with E-state index in [0.717, 1.165) is 5.56 Å². The fourth-order valence-corrected chi connectivity index (χ4v) is 4.77. The topological polar surface area (TPSA) is 97.5 Å². The normalized spacial score (nSPS) is 15.9. The maximum atomic E-state index is 15.0. The van der Waals surface area contributed by atoms with E-state index in [1.165, 1.54) is 19.1 Å². The Kier molecular flexibility index (Phi) is 6.30. The highest BCUT2D eigenvalue weighted by Gasteiger charge is 2.24. The molecule has 9 heteroatoms. The van der Waals surface area contributed by atoms with E-state index in [0.29, 0.717) is 61.2 Å². The molecule has 186 valence electrons. The minimum Gasteiger partial charge on any atom is -0.487 e. The van der Waals surface area contributed by atoms with Crippen molar-refractivity contribution < 1.29 is 23.1 Å². The van der Waals surface area contributed by atoms with Crippen molar-refractivity contribution in [2.24, 2.45) is 0 Å². The van der Waals surface area contributed by atoms with Crippen LogP contribution in [0.2, 0.25) is 0 Å². The molecule has 0 atom stereocenters. The molecular weight excluding hydrogens is 466 g/mol. The number of ether oxygens (including phenoxy) is 1. The van der Waals surface area contributed by atoms with E-state index in [4.69, 9.17) is 10.5 Å². The standard InChI is InChI=1S/C27H26F2N4O3/c1-15(34)33-10-7-19(8-11-33)36-24-5-3-17(13-23(24)28)21-14-22(26(30)32-25(21)29)16-2-4-20-18(12-16)6-9-31-27(20)35/h2-5,12-14,19H,6-11H2,1H3,(H2,30,32)(H,31,35). The molecule has 2 aromatic carbocycles. The van der Waals surface area contributed by atoms with Crippen LogP contribution in [-0.2, 0) is 11.2 Å². The number of halogens is 2. The van der Waals surface area contributed by atoms with Crippen LogP contribution >= 0.6 is 0 Å². The molecule has 2 aliphatic heterocycles. The third-order valence-electron chi connectivity index (χ3n) is 6.77. The second-order valence-corrected chi connectivity index (χ2v) is 9.11. The number of pyridine rings is 1. The predicted molar refractivity (Wildman–Crippen MR) is 131 cm³/mol. The second kappa shape index (κ2) is 9.56. The SMILES string of the molecule is CC(=O)N1CCC(Oc2ccc(-c3cc(-c4ccc5c(c4)CCNC5=O)c(N)nc3F)cc2F)CC1. The van der Waals surface area contributed by atoms with Crippen LogP contribution in [0, 0.1) is 11.8 Å². The van der Waals surface area contributed by atoms with E-state index in [2.05, 4.69) is 10.3 Å². The van der Waals surface area contributed by atoms with Crippen molar-refractivity contribution in [3.63, 3.8) is 0 Å². The molecule has 5 rings (SSSR count). The minimum absolute atomic E-state index is 0.00814. The number of fused-ring (bicyclic) bond motifs is 1. The summed E-state index contributed by atoms with van der Waals surface area (Å²) in [4.78, 5) is 29.2. The molecule has 2 aliphatic rings. The van der Waals surface area contributed by atoms with Gasteiger partial charge in [0.2, 0.25) is 11.9 Å². The van der Waals surface area contributed by atoms with Crippen molar-refractivity contribution >= 4 is 17.6 Å². The number of carbonyl (C=O) groups is 2. The molecule has 0 spiro atoms. The summed E-state index contributed by atoms with van der Waals surface area (Å²) in [5.74, 6) is -1.44. The highest BCUT2D eigenvalue weighted by atomic mass is 19.1. The summed E-state index contributed by atoms with van der Waals surface area (Å²) in [6.07, 6.45) is 1.71. The number of nitrogens with two attached hydrogens (primary N) is 1. The molecule has 1 saturated heterocycles. The number of benzene rings is 2. The number of nitrogen functional groups attached to an aromatic ring is 1. The third kappa shape index (κ3) is 4.60. The van der Waals surface area contributed by atoms with Crippen LogP contribution in [0.1, 0.15) is 35.7 Å². The first kappa shape index (κ1) is 23.7. The predicted octanol–water partition coefficient (Wildman–Crippen LogP) is 3.95. The number of hydrogen-bond donors (Lipinski definition) is 2. The summed E-state index contributed by atoms with van der Waals surface area (Å²) in [5.41, 5.74) is 9.13. The van der Waals surface area contributed by atoms with E-state index in [9.17, 15) is 18.4 Å². The zero-order valence-corrected chi connectivity index (χ0v) is 19.8. The number of amides is 2. The van der Waals surface area contributed by atoms with Gasteiger partial charge in [-0.3, -0.25) is 9.59 Å². The second-order valence-electron chi connectivity index (χ2n) is 9.11. The third-order valence-corrected chi connectivity index (χ3v) is 6.77. The summed E-state index contributed by atoms with van der Waals surface area (Å²) < 4.78 is 35.6. The molecule has 0 aliphatic carbocycles. The number of nitrogens with one attached hydrogen (secondary N) is 1. The van der Waals surface area contributed by atoms with Gasteiger partial charge < -0.3 is 20.7 Å². The van der Waals surface area contributed by atoms with Gasteiger partial charge in [-0.15, -0.1) is 0 Å². The molecular formula is C27H26F2N4O3. The lowest BCUT2D eigenvalue weighted by atomic mass is 9.94. The smallest absolute Gasteiger partial charge is 0.251 e. The average molecular weight is 493 g/mol.